The molecule has 0 fully saturated rings. The zero-order valence-electron chi connectivity index (χ0n) is 12.6. The highest BCUT2D eigenvalue weighted by atomic mass is 32.2. The van der Waals surface area contributed by atoms with Crippen LogP contribution in [0.2, 0.25) is 0 Å². The van der Waals surface area contributed by atoms with Gasteiger partial charge in [-0.3, -0.25) is 4.72 Å². The van der Waals surface area contributed by atoms with E-state index in [0.717, 1.165) is 30.8 Å². The van der Waals surface area contributed by atoms with E-state index in [1.807, 2.05) is 26.8 Å². The Morgan fingerprint density at radius 1 is 1.30 bits per heavy atom. The van der Waals surface area contributed by atoms with Crippen molar-refractivity contribution in [2.24, 2.45) is 0 Å². The van der Waals surface area contributed by atoms with Gasteiger partial charge in [0.2, 0.25) is 0 Å². The summed E-state index contributed by atoms with van der Waals surface area (Å²) in [6.45, 7) is 7.93. The summed E-state index contributed by atoms with van der Waals surface area (Å²) >= 11 is 0. The van der Waals surface area contributed by atoms with E-state index in [0.29, 0.717) is 12.4 Å². The summed E-state index contributed by atoms with van der Waals surface area (Å²) in [6.07, 6.45) is 0.769. The molecule has 0 spiro atoms. The van der Waals surface area contributed by atoms with Gasteiger partial charge in [-0.15, -0.1) is 0 Å². The maximum absolute atomic E-state index is 12.1. The largest absolute Gasteiger partial charge is 0.317 e. The van der Waals surface area contributed by atoms with Crippen molar-refractivity contribution in [2.75, 3.05) is 31.4 Å². The van der Waals surface area contributed by atoms with Crippen LogP contribution in [-0.4, -0.2) is 44.4 Å². The molecule has 0 aliphatic carbocycles. The summed E-state index contributed by atoms with van der Waals surface area (Å²) in [5.41, 5.74) is 1.77. The number of rotatable bonds is 8. The lowest BCUT2D eigenvalue weighted by Gasteiger charge is -2.18. The van der Waals surface area contributed by atoms with Crippen LogP contribution >= 0.6 is 0 Å². The molecule has 0 amide bonds. The standard InChI is InChI=1S/C13H24N4O2S/c1-5-14-7-6-8-17(4)20(18,19)16-13-10-11(2)9-12(3)15-13/h9-10,14H,5-8H2,1-4H3,(H,15,16). The molecule has 0 aliphatic rings. The Morgan fingerprint density at radius 3 is 2.60 bits per heavy atom. The molecule has 2 N–H and O–H groups in total. The van der Waals surface area contributed by atoms with Gasteiger partial charge in [-0.25, -0.2) is 4.98 Å². The Bertz CT molecular complexity index is 511. The molecule has 0 unspecified atom stereocenters. The highest BCUT2D eigenvalue weighted by Gasteiger charge is 2.17. The van der Waals surface area contributed by atoms with Gasteiger partial charge in [0, 0.05) is 19.3 Å². The molecule has 0 bridgehead atoms. The zero-order chi connectivity index (χ0) is 15.2. The maximum atomic E-state index is 12.1. The molecule has 0 saturated carbocycles. The molecule has 1 heterocycles. The second-order valence-corrected chi connectivity index (χ2v) is 6.58. The third kappa shape index (κ3) is 5.44. The van der Waals surface area contributed by atoms with Crippen molar-refractivity contribution >= 4 is 16.0 Å². The van der Waals surface area contributed by atoms with Crippen LogP contribution in [0.15, 0.2) is 12.1 Å². The first-order valence-electron chi connectivity index (χ1n) is 6.75. The Kier molecular flexibility index (Phi) is 6.38. The summed E-state index contributed by atoms with van der Waals surface area (Å²) in [5, 5.41) is 3.17. The van der Waals surface area contributed by atoms with Gasteiger partial charge in [0.25, 0.3) is 0 Å². The molecule has 1 aromatic heterocycles. The molecule has 0 saturated heterocycles. The number of anilines is 1. The lowest BCUT2D eigenvalue weighted by Crippen LogP contribution is -2.34. The van der Waals surface area contributed by atoms with Crippen LogP contribution < -0.4 is 10.0 Å². The first kappa shape index (κ1) is 16.9. The average Bonchev–Trinajstić information content (AvgIpc) is 2.32. The summed E-state index contributed by atoms with van der Waals surface area (Å²) in [6, 6.07) is 3.62. The lowest BCUT2D eigenvalue weighted by atomic mass is 10.2. The highest BCUT2D eigenvalue weighted by Crippen LogP contribution is 2.12. The molecule has 1 rings (SSSR count). The van der Waals surface area contributed by atoms with Crippen molar-refractivity contribution in [2.45, 2.75) is 27.2 Å². The van der Waals surface area contributed by atoms with E-state index in [4.69, 9.17) is 0 Å². The van der Waals surface area contributed by atoms with Crippen LogP contribution in [0.5, 0.6) is 0 Å². The second kappa shape index (κ2) is 7.56. The molecular weight excluding hydrogens is 276 g/mol. The molecule has 0 aromatic carbocycles. The number of aromatic nitrogens is 1. The summed E-state index contributed by atoms with van der Waals surface area (Å²) in [4.78, 5) is 4.18. The van der Waals surface area contributed by atoms with E-state index in [1.165, 1.54) is 4.31 Å². The van der Waals surface area contributed by atoms with Gasteiger partial charge in [0.15, 0.2) is 0 Å². The fourth-order valence-corrected chi connectivity index (χ4v) is 2.72. The molecule has 0 atom stereocenters. The third-order valence-electron chi connectivity index (χ3n) is 2.82. The van der Waals surface area contributed by atoms with Crippen molar-refractivity contribution in [3.8, 4) is 0 Å². The molecule has 114 valence electrons. The fourth-order valence-electron chi connectivity index (χ4n) is 1.83. The Labute approximate surface area is 121 Å². The second-order valence-electron chi connectivity index (χ2n) is 4.81. The van der Waals surface area contributed by atoms with E-state index >= 15 is 0 Å². The van der Waals surface area contributed by atoms with Crippen LogP contribution in [0.25, 0.3) is 0 Å². The fraction of sp³-hybridized carbons (Fsp3) is 0.615. The lowest BCUT2D eigenvalue weighted by molar-refractivity contribution is 0.459. The zero-order valence-corrected chi connectivity index (χ0v) is 13.4. The molecule has 0 aliphatic heterocycles. The van der Waals surface area contributed by atoms with Gasteiger partial charge in [-0.2, -0.15) is 12.7 Å². The first-order chi connectivity index (χ1) is 9.35. The van der Waals surface area contributed by atoms with Crippen molar-refractivity contribution in [1.29, 1.82) is 0 Å². The number of nitrogens with zero attached hydrogens (tertiary/aromatic N) is 2. The van der Waals surface area contributed by atoms with Gasteiger partial charge in [-0.1, -0.05) is 6.92 Å². The van der Waals surface area contributed by atoms with Crippen LogP contribution in [-0.2, 0) is 10.2 Å². The van der Waals surface area contributed by atoms with Crippen LogP contribution in [0.4, 0.5) is 5.82 Å². The normalized spacial score (nSPS) is 11.8. The third-order valence-corrected chi connectivity index (χ3v) is 4.29. The molecule has 0 radical (unpaired) electrons. The quantitative estimate of drug-likeness (QED) is 0.709. The van der Waals surface area contributed by atoms with Crippen molar-refractivity contribution < 1.29 is 8.42 Å². The first-order valence-corrected chi connectivity index (χ1v) is 8.19. The molecule has 1 aromatic rings. The number of nitrogens with one attached hydrogen (secondary N) is 2. The predicted molar refractivity (Wildman–Crippen MR) is 82.0 cm³/mol. The molecule has 6 nitrogen and oxygen atoms in total. The van der Waals surface area contributed by atoms with E-state index in [1.54, 1.807) is 13.1 Å². The molecular formula is C13H24N4O2S. The van der Waals surface area contributed by atoms with Crippen LogP contribution in [0.3, 0.4) is 0 Å². The monoisotopic (exact) mass is 300 g/mol. The predicted octanol–water partition coefficient (Wildman–Crippen LogP) is 1.29. The minimum atomic E-state index is -3.54. The maximum Gasteiger partial charge on any atom is 0.302 e. The highest BCUT2D eigenvalue weighted by molar-refractivity contribution is 7.90. The topological polar surface area (TPSA) is 74.3 Å². The molecule has 7 heteroatoms. The van der Waals surface area contributed by atoms with E-state index in [-0.39, 0.29) is 0 Å². The SMILES string of the molecule is CCNCCCN(C)S(=O)(=O)Nc1cc(C)cc(C)n1. The van der Waals surface area contributed by atoms with Crippen molar-refractivity contribution in [3.05, 3.63) is 23.4 Å². The number of aryl methyl sites for hydroxylation is 2. The summed E-state index contributed by atoms with van der Waals surface area (Å²) in [7, 11) is -1.97. The average molecular weight is 300 g/mol. The summed E-state index contributed by atoms with van der Waals surface area (Å²) in [5.74, 6) is 0.362. The minimum Gasteiger partial charge on any atom is -0.317 e. The van der Waals surface area contributed by atoms with Gasteiger partial charge >= 0.3 is 10.2 Å². The van der Waals surface area contributed by atoms with Crippen molar-refractivity contribution in [3.63, 3.8) is 0 Å². The van der Waals surface area contributed by atoms with Gasteiger partial charge < -0.3 is 5.32 Å². The van der Waals surface area contributed by atoms with Crippen LogP contribution in [0.1, 0.15) is 24.6 Å². The minimum absolute atomic E-state index is 0.362. The van der Waals surface area contributed by atoms with Gasteiger partial charge in [-0.05, 0) is 51.1 Å². The van der Waals surface area contributed by atoms with E-state index < -0.39 is 10.2 Å². The van der Waals surface area contributed by atoms with E-state index in [2.05, 4.69) is 15.0 Å². The number of pyridine rings is 1. The Morgan fingerprint density at radius 2 is 2.00 bits per heavy atom. The smallest absolute Gasteiger partial charge is 0.302 e. The van der Waals surface area contributed by atoms with E-state index in [9.17, 15) is 8.42 Å². The number of hydrogen-bond donors (Lipinski definition) is 2. The van der Waals surface area contributed by atoms with Gasteiger partial charge in [0.1, 0.15) is 5.82 Å². The van der Waals surface area contributed by atoms with Crippen molar-refractivity contribution in [1.82, 2.24) is 14.6 Å². The molecule has 20 heavy (non-hydrogen) atoms. The summed E-state index contributed by atoms with van der Waals surface area (Å²) < 4.78 is 28.1. The Balaban J connectivity index is 2.64. The number of hydrogen-bond acceptors (Lipinski definition) is 4. The van der Waals surface area contributed by atoms with Gasteiger partial charge in [0.05, 0.1) is 0 Å². The Hall–Kier alpha value is -1.18. The van der Waals surface area contributed by atoms with Crippen LogP contribution in [0, 0.1) is 13.8 Å².